The molecule has 3 rings (SSSR count). The Labute approximate surface area is 124 Å². The van der Waals surface area contributed by atoms with E-state index in [1.165, 1.54) is 23.8 Å². The summed E-state index contributed by atoms with van der Waals surface area (Å²) in [4.78, 5) is 0. The van der Waals surface area contributed by atoms with Gasteiger partial charge in [0, 0.05) is 16.7 Å². The SMILES string of the molecule is COc1cccc(F)c1-c1nnc(S(=O)(=O)Cl)n1C1CC1. The molecule has 0 bridgehead atoms. The van der Waals surface area contributed by atoms with Crippen LogP contribution in [0, 0.1) is 5.82 Å². The van der Waals surface area contributed by atoms with Gasteiger partial charge in [0.2, 0.25) is 0 Å². The Kier molecular flexibility index (Phi) is 3.37. The maximum atomic E-state index is 14.1. The highest BCUT2D eigenvalue weighted by Crippen LogP contribution is 2.42. The van der Waals surface area contributed by atoms with E-state index in [4.69, 9.17) is 15.4 Å². The maximum absolute atomic E-state index is 14.1. The lowest BCUT2D eigenvalue weighted by Gasteiger charge is -2.11. The molecule has 0 saturated heterocycles. The first-order valence-corrected chi connectivity index (χ1v) is 8.47. The topological polar surface area (TPSA) is 74.1 Å². The molecule has 0 spiro atoms. The predicted molar refractivity (Wildman–Crippen MR) is 73.3 cm³/mol. The summed E-state index contributed by atoms with van der Waals surface area (Å²) in [5, 5.41) is 7.06. The molecule has 1 aliphatic carbocycles. The molecule has 0 N–H and O–H groups in total. The summed E-state index contributed by atoms with van der Waals surface area (Å²) in [6.07, 6.45) is 1.53. The van der Waals surface area contributed by atoms with Gasteiger partial charge in [-0.3, -0.25) is 4.57 Å². The van der Waals surface area contributed by atoms with Crippen molar-refractivity contribution in [3.63, 3.8) is 0 Å². The summed E-state index contributed by atoms with van der Waals surface area (Å²) in [5.41, 5.74) is 0.0750. The normalized spacial score (nSPS) is 15.2. The van der Waals surface area contributed by atoms with Crippen LogP contribution in [0.5, 0.6) is 5.75 Å². The Morgan fingerprint density at radius 2 is 2.10 bits per heavy atom. The van der Waals surface area contributed by atoms with E-state index >= 15 is 0 Å². The van der Waals surface area contributed by atoms with Gasteiger partial charge in [0.1, 0.15) is 11.6 Å². The van der Waals surface area contributed by atoms with Crippen molar-refractivity contribution in [2.45, 2.75) is 24.0 Å². The average molecular weight is 332 g/mol. The number of methoxy groups -OCH3 is 1. The number of hydrogen-bond donors (Lipinski definition) is 0. The summed E-state index contributed by atoms with van der Waals surface area (Å²) in [6, 6.07) is 4.22. The minimum Gasteiger partial charge on any atom is -0.496 e. The average Bonchev–Trinajstić information content (AvgIpc) is 3.16. The van der Waals surface area contributed by atoms with Gasteiger partial charge in [0.15, 0.2) is 5.82 Å². The predicted octanol–water partition coefficient (Wildman–Crippen LogP) is 2.36. The van der Waals surface area contributed by atoms with Gasteiger partial charge in [-0.05, 0) is 25.0 Å². The molecule has 2 aromatic rings. The van der Waals surface area contributed by atoms with Crippen LogP contribution in [0.4, 0.5) is 4.39 Å². The molecule has 1 saturated carbocycles. The lowest BCUT2D eigenvalue weighted by atomic mass is 10.1. The smallest absolute Gasteiger partial charge is 0.296 e. The van der Waals surface area contributed by atoms with E-state index in [1.54, 1.807) is 6.07 Å². The number of aromatic nitrogens is 3. The maximum Gasteiger partial charge on any atom is 0.296 e. The van der Waals surface area contributed by atoms with Crippen molar-refractivity contribution < 1.29 is 17.5 Å². The third kappa shape index (κ3) is 2.49. The monoisotopic (exact) mass is 331 g/mol. The highest BCUT2D eigenvalue weighted by Gasteiger charge is 2.35. The van der Waals surface area contributed by atoms with E-state index in [0.717, 1.165) is 12.8 Å². The molecule has 6 nitrogen and oxygen atoms in total. The van der Waals surface area contributed by atoms with E-state index < -0.39 is 14.9 Å². The number of rotatable bonds is 4. The van der Waals surface area contributed by atoms with Gasteiger partial charge in [0.05, 0.1) is 12.7 Å². The van der Waals surface area contributed by atoms with Crippen molar-refractivity contribution in [1.29, 1.82) is 0 Å². The van der Waals surface area contributed by atoms with Gasteiger partial charge < -0.3 is 4.74 Å². The zero-order valence-electron chi connectivity index (χ0n) is 11.0. The summed E-state index contributed by atoms with van der Waals surface area (Å²) in [5.74, 6) is -0.211. The lowest BCUT2D eigenvalue weighted by molar-refractivity contribution is 0.412. The highest BCUT2D eigenvalue weighted by molar-refractivity contribution is 8.13. The molecular formula is C12H11ClFN3O3S. The van der Waals surface area contributed by atoms with Gasteiger partial charge in [-0.15, -0.1) is 10.2 Å². The van der Waals surface area contributed by atoms with Crippen molar-refractivity contribution in [2.75, 3.05) is 7.11 Å². The molecule has 1 aliphatic rings. The first kappa shape index (κ1) is 14.3. The van der Waals surface area contributed by atoms with Crippen molar-refractivity contribution >= 4 is 19.7 Å². The zero-order valence-corrected chi connectivity index (χ0v) is 12.5. The Hall–Kier alpha value is -1.67. The Bertz CT molecular complexity index is 802. The van der Waals surface area contributed by atoms with E-state index in [2.05, 4.69) is 10.2 Å². The Balaban J connectivity index is 2.28. The molecule has 0 unspecified atom stereocenters. The Morgan fingerprint density at radius 3 is 2.67 bits per heavy atom. The van der Waals surface area contributed by atoms with Gasteiger partial charge in [0.25, 0.3) is 14.2 Å². The van der Waals surface area contributed by atoms with Gasteiger partial charge in [-0.1, -0.05) is 6.07 Å². The summed E-state index contributed by atoms with van der Waals surface area (Å²) < 4.78 is 43.8. The largest absolute Gasteiger partial charge is 0.496 e. The standard InChI is InChI=1S/C12H11ClFN3O3S/c1-20-9-4-2-3-8(14)10(9)11-15-16-12(21(13,18)19)17(11)7-5-6-7/h2-4,7H,5-6H2,1H3. The summed E-state index contributed by atoms with van der Waals surface area (Å²) in [6.45, 7) is 0. The van der Waals surface area contributed by atoms with Crippen LogP contribution in [0.1, 0.15) is 18.9 Å². The van der Waals surface area contributed by atoms with E-state index in [-0.39, 0.29) is 28.3 Å². The molecule has 21 heavy (non-hydrogen) atoms. The number of ether oxygens (including phenoxy) is 1. The van der Waals surface area contributed by atoms with E-state index in [9.17, 15) is 12.8 Å². The minimum absolute atomic E-state index is 0.0750. The van der Waals surface area contributed by atoms with Crippen LogP contribution in [0.3, 0.4) is 0 Å². The molecule has 0 radical (unpaired) electrons. The molecule has 9 heteroatoms. The summed E-state index contributed by atoms with van der Waals surface area (Å²) >= 11 is 0. The van der Waals surface area contributed by atoms with E-state index in [1.807, 2.05) is 0 Å². The lowest BCUT2D eigenvalue weighted by Crippen LogP contribution is -2.07. The quantitative estimate of drug-likeness (QED) is 0.804. The van der Waals surface area contributed by atoms with Crippen LogP contribution in [0.2, 0.25) is 0 Å². The molecule has 0 atom stereocenters. The second-order valence-corrected chi connectivity index (χ2v) is 7.12. The molecule has 0 amide bonds. The highest BCUT2D eigenvalue weighted by atomic mass is 35.7. The van der Waals surface area contributed by atoms with Crippen LogP contribution >= 0.6 is 10.7 Å². The van der Waals surface area contributed by atoms with Crippen molar-refractivity contribution in [3.05, 3.63) is 24.0 Å². The van der Waals surface area contributed by atoms with Crippen LogP contribution in [-0.4, -0.2) is 30.3 Å². The second-order valence-electron chi connectivity index (χ2n) is 4.66. The fourth-order valence-corrected chi connectivity index (χ4v) is 3.09. The summed E-state index contributed by atoms with van der Waals surface area (Å²) in [7, 11) is 2.71. The van der Waals surface area contributed by atoms with E-state index in [0.29, 0.717) is 0 Å². The van der Waals surface area contributed by atoms with Crippen LogP contribution in [0.25, 0.3) is 11.4 Å². The van der Waals surface area contributed by atoms with Crippen LogP contribution in [0.15, 0.2) is 23.4 Å². The fraction of sp³-hybridized carbons (Fsp3) is 0.333. The number of benzene rings is 1. The zero-order chi connectivity index (χ0) is 15.2. The van der Waals surface area contributed by atoms with Crippen LogP contribution in [-0.2, 0) is 9.05 Å². The van der Waals surface area contributed by atoms with Gasteiger partial charge in [-0.25, -0.2) is 12.8 Å². The number of halogens is 2. The first-order chi connectivity index (χ1) is 9.93. The number of nitrogens with zero attached hydrogens (tertiary/aromatic N) is 3. The molecular weight excluding hydrogens is 321 g/mol. The van der Waals surface area contributed by atoms with Crippen molar-refractivity contribution in [1.82, 2.24) is 14.8 Å². The van der Waals surface area contributed by atoms with Crippen molar-refractivity contribution in [2.24, 2.45) is 0 Å². The molecule has 1 heterocycles. The molecule has 1 fully saturated rings. The molecule has 1 aromatic heterocycles. The third-order valence-electron chi connectivity index (χ3n) is 3.21. The van der Waals surface area contributed by atoms with Crippen molar-refractivity contribution in [3.8, 4) is 17.1 Å². The molecule has 0 aliphatic heterocycles. The Morgan fingerprint density at radius 1 is 1.38 bits per heavy atom. The molecule has 1 aromatic carbocycles. The van der Waals surface area contributed by atoms with Gasteiger partial charge in [-0.2, -0.15) is 0 Å². The first-order valence-electron chi connectivity index (χ1n) is 6.16. The van der Waals surface area contributed by atoms with Crippen LogP contribution < -0.4 is 4.74 Å². The fourth-order valence-electron chi connectivity index (χ4n) is 2.17. The second kappa shape index (κ2) is 4.96. The van der Waals surface area contributed by atoms with Gasteiger partial charge >= 0.3 is 0 Å². The molecule has 112 valence electrons. The minimum atomic E-state index is -4.06. The number of hydrogen-bond acceptors (Lipinski definition) is 5. The third-order valence-corrected chi connectivity index (χ3v) is 4.34.